The van der Waals surface area contributed by atoms with Gasteiger partial charge in [-0.1, -0.05) is 6.92 Å². The summed E-state index contributed by atoms with van der Waals surface area (Å²) in [5.74, 6) is -0.0657. The third-order valence-corrected chi connectivity index (χ3v) is 1.90. The van der Waals surface area contributed by atoms with E-state index in [1.54, 1.807) is 13.1 Å². The topological polar surface area (TPSA) is 81.2 Å². The lowest BCUT2D eigenvalue weighted by Gasteiger charge is -2.03. The molecule has 0 fully saturated rings. The lowest BCUT2D eigenvalue weighted by Crippen LogP contribution is -2.11. The van der Waals surface area contributed by atoms with Gasteiger partial charge in [0.25, 0.3) is 0 Å². The summed E-state index contributed by atoms with van der Waals surface area (Å²) >= 11 is 0. The highest BCUT2D eigenvalue weighted by atomic mass is 16.6. The van der Waals surface area contributed by atoms with E-state index in [9.17, 15) is 10.1 Å². The fraction of sp³-hybridized carbons (Fsp3) is 0.625. The molecule has 0 radical (unpaired) electrons. The Hall–Kier alpha value is -1.43. The molecular formula is C8H13N3O3. The minimum atomic E-state index is -0.505. The molecule has 0 aromatic carbocycles. The third-order valence-electron chi connectivity index (χ3n) is 1.90. The number of aromatic nitrogens is 2. The van der Waals surface area contributed by atoms with E-state index < -0.39 is 4.92 Å². The first-order valence-corrected chi connectivity index (χ1v) is 4.34. The summed E-state index contributed by atoms with van der Waals surface area (Å²) < 4.78 is 1.49. The molecule has 0 bridgehead atoms. The van der Waals surface area contributed by atoms with Crippen molar-refractivity contribution in [1.29, 1.82) is 0 Å². The third kappa shape index (κ3) is 2.29. The number of aliphatic hydroxyl groups is 1. The van der Waals surface area contributed by atoms with Crippen LogP contribution in [0.4, 0.5) is 5.82 Å². The van der Waals surface area contributed by atoms with Crippen molar-refractivity contribution in [3.05, 3.63) is 21.9 Å². The lowest BCUT2D eigenvalue weighted by molar-refractivity contribution is -0.390. The predicted octanol–water partition coefficient (Wildman–Crippen LogP) is 0.728. The molecule has 14 heavy (non-hydrogen) atoms. The second-order valence-electron chi connectivity index (χ2n) is 3.40. The van der Waals surface area contributed by atoms with Gasteiger partial charge in [0.2, 0.25) is 0 Å². The lowest BCUT2D eigenvalue weighted by atomic mass is 10.2. The van der Waals surface area contributed by atoms with Crippen molar-refractivity contribution in [2.24, 2.45) is 5.92 Å². The van der Waals surface area contributed by atoms with E-state index in [4.69, 9.17) is 5.11 Å². The first-order valence-electron chi connectivity index (χ1n) is 4.34. The number of nitro groups is 1. The minimum Gasteiger partial charge on any atom is -0.396 e. The molecule has 78 valence electrons. The summed E-state index contributed by atoms with van der Waals surface area (Å²) in [6.45, 7) is 4.03. The van der Waals surface area contributed by atoms with Crippen LogP contribution in [0.25, 0.3) is 0 Å². The molecule has 1 N–H and O–H groups in total. The Kier molecular flexibility index (Phi) is 3.19. The van der Waals surface area contributed by atoms with E-state index >= 15 is 0 Å². The van der Waals surface area contributed by atoms with E-state index in [-0.39, 0.29) is 18.3 Å². The smallest absolute Gasteiger partial charge is 0.392 e. The Morgan fingerprint density at radius 3 is 2.86 bits per heavy atom. The summed E-state index contributed by atoms with van der Waals surface area (Å²) in [4.78, 5) is 9.97. The van der Waals surface area contributed by atoms with Gasteiger partial charge in [0.15, 0.2) is 0 Å². The van der Waals surface area contributed by atoms with E-state index in [2.05, 4.69) is 5.10 Å². The van der Waals surface area contributed by atoms with Crippen molar-refractivity contribution in [2.45, 2.75) is 20.4 Å². The van der Waals surface area contributed by atoms with Gasteiger partial charge in [-0.05, 0) is 11.8 Å². The van der Waals surface area contributed by atoms with E-state index in [1.807, 2.05) is 6.92 Å². The average Bonchev–Trinajstić information content (AvgIpc) is 2.46. The number of nitrogens with zero attached hydrogens (tertiary/aromatic N) is 3. The van der Waals surface area contributed by atoms with Gasteiger partial charge in [-0.3, -0.25) is 0 Å². The standard InChI is InChI=1S/C8H13N3O3/c1-6(5-12)3-10-4-7(2)8(9-10)11(13)14/h4,6,12H,3,5H2,1-2H3. The number of aryl methyl sites for hydroxylation is 1. The highest BCUT2D eigenvalue weighted by Gasteiger charge is 2.17. The first-order chi connectivity index (χ1) is 6.54. The van der Waals surface area contributed by atoms with Crippen LogP contribution in [-0.4, -0.2) is 26.4 Å². The molecule has 0 aliphatic rings. The van der Waals surface area contributed by atoms with Crippen LogP contribution < -0.4 is 0 Å². The molecule has 0 amide bonds. The number of rotatable bonds is 4. The zero-order chi connectivity index (χ0) is 10.7. The average molecular weight is 199 g/mol. The molecule has 0 aliphatic carbocycles. The van der Waals surface area contributed by atoms with Crippen LogP contribution in [0.1, 0.15) is 12.5 Å². The fourth-order valence-corrected chi connectivity index (χ4v) is 1.16. The van der Waals surface area contributed by atoms with Crippen molar-refractivity contribution in [3.63, 3.8) is 0 Å². The van der Waals surface area contributed by atoms with Gasteiger partial charge in [0, 0.05) is 12.5 Å². The zero-order valence-electron chi connectivity index (χ0n) is 8.17. The van der Waals surface area contributed by atoms with Crippen molar-refractivity contribution < 1.29 is 10.0 Å². The van der Waals surface area contributed by atoms with Crippen molar-refractivity contribution in [2.75, 3.05) is 6.61 Å². The number of aliphatic hydroxyl groups excluding tert-OH is 1. The molecule has 6 nitrogen and oxygen atoms in total. The van der Waals surface area contributed by atoms with Crippen molar-refractivity contribution in [1.82, 2.24) is 9.78 Å². The van der Waals surface area contributed by atoms with E-state index in [1.165, 1.54) is 4.68 Å². The minimum absolute atomic E-state index is 0.0483. The van der Waals surface area contributed by atoms with Gasteiger partial charge in [-0.15, -0.1) is 0 Å². The summed E-state index contributed by atoms with van der Waals surface area (Å²) in [6, 6.07) is 0. The van der Waals surface area contributed by atoms with Gasteiger partial charge in [0.05, 0.1) is 23.4 Å². The van der Waals surface area contributed by atoms with Gasteiger partial charge >= 0.3 is 5.82 Å². The van der Waals surface area contributed by atoms with Crippen LogP contribution in [0.2, 0.25) is 0 Å². The molecule has 1 rings (SSSR count). The normalized spacial score (nSPS) is 12.8. The van der Waals surface area contributed by atoms with E-state index in [0.717, 1.165) is 0 Å². The van der Waals surface area contributed by atoms with Crippen molar-refractivity contribution in [3.8, 4) is 0 Å². The second-order valence-corrected chi connectivity index (χ2v) is 3.40. The Labute approximate surface area is 81.3 Å². The van der Waals surface area contributed by atoms with Crippen LogP contribution in [-0.2, 0) is 6.54 Å². The fourth-order valence-electron chi connectivity index (χ4n) is 1.16. The summed E-state index contributed by atoms with van der Waals surface area (Å²) in [5.41, 5.74) is 0.542. The molecule has 1 aromatic rings. The van der Waals surface area contributed by atoms with Gasteiger partial charge in [-0.2, -0.15) is 4.68 Å². The SMILES string of the molecule is Cc1cn(CC(C)CO)nc1[N+](=O)[O-]. The first kappa shape index (κ1) is 10.6. The maximum atomic E-state index is 10.5. The molecular weight excluding hydrogens is 186 g/mol. The molecule has 1 unspecified atom stereocenters. The quantitative estimate of drug-likeness (QED) is 0.572. The maximum Gasteiger partial charge on any atom is 0.392 e. The van der Waals surface area contributed by atoms with Crippen LogP contribution >= 0.6 is 0 Å². The molecule has 0 spiro atoms. The Balaban J connectivity index is 2.81. The van der Waals surface area contributed by atoms with Crippen LogP contribution in [0, 0.1) is 23.0 Å². The molecule has 0 saturated heterocycles. The largest absolute Gasteiger partial charge is 0.396 e. The van der Waals surface area contributed by atoms with Gasteiger partial charge < -0.3 is 15.2 Å². The molecule has 6 heteroatoms. The predicted molar refractivity (Wildman–Crippen MR) is 49.9 cm³/mol. The zero-order valence-corrected chi connectivity index (χ0v) is 8.17. The Bertz CT molecular complexity index is 335. The molecule has 1 heterocycles. The van der Waals surface area contributed by atoms with Crippen LogP contribution in [0.15, 0.2) is 6.20 Å². The summed E-state index contributed by atoms with van der Waals surface area (Å²) in [6.07, 6.45) is 1.62. The summed E-state index contributed by atoms with van der Waals surface area (Å²) in [7, 11) is 0. The van der Waals surface area contributed by atoms with Gasteiger partial charge in [0.1, 0.15) is 0 Å². The molecule has 1 atom stereocenters. The Morgan fingerprint density at radius 2 is 2.43 bits per heavy atom. The number of hydrogen-bond acceptors (Lipinski definition) is 4. The summed E-state index contributed by atoms with van der Waals surface area (Å²) in [5, 5.41) is 23.1. The van der Waals surface area contributed by atoms with Crippen molar-refractivity contribution >= 4 is 5.82 Å². The maximum absolute atomic E-state index is 10.5. The Morgan fingerprint density at radius 1 is 1.79 bits per heavy atom. The molecule has 0 aliphatic heterocycles. The number of hydrogen-bond donors (Lipinski definition) is 1. The van der Waals surface area contributed by atoms with Crippen LogP contribution in [0.5, 0.6) is 0 Å². The molecule has 1 aromatic heterocycles. The van der Waals surface area contributed by atoms with Gasteiger partial charge in [-0.25, -0.2) is 0 Å². The highest BCUT2D eigenvalue weighted by Crippen LogP contribution is 2.14. The van der Waals surface area contributed by atoms with E-state index in [0.29, 0.717) is 12.1 Å². The highest BCUT2D eigenvalue weighted by molar-refractivity contribution is 5.27. The monoisotopic (exact) mass is 199 g/mol. The second kappa shape index (κ2) is 4.19. The molecule has 0 saturated carbocycles. The van der Waals surface area contributed by atoms with Crippen LogP contribution in [0.3, 0.4) is 0 Å².